The molecule has 0 saturated carbocycles. The number of methoxy groups -OCH3 is 1. The van der Waals surface area contributed by atoms with Gasteiger partial charge in [0.05, 0.1) is 31.5 Å². The number of urea groups is 1. The normalized spacial score (nSPS) is 16.2. The number of amides is 5. The number of nitrogens with zero attached hydrogens (tertiary/aromatic N) is 5. The van der Waals surface area contributed by atoms with Gasteiger partial charge in [-0.3, -0.25) is 20.0 Å². The highest BCUT2D eigenvalue weighted by atomic mass is 32.1. The van der Waals surface area contributed by atoms with Crippen LogP contribution in [0.2, 0.25) is 0 Å². The van der Waals surface area contributed by atoms with E-state index in [2.05, 4.69) is 41.8 Å². The van der Waals surface area contributed by atoms with E-state index in [1.54, 1.807) is 27.2 Å². The van der Waals surface area contributed by atoms with Crippen LogP contribution in [0.5, 0.6) is 0 Å². The molecule has 0 aliphatic carbocycles. The zero-order valence-corrected chi connectivity index (χ0v) is 35.8. The van der Waals surface area contributed by atoms with Crippen LogP contribution in [0.15, 0.2) is 60.2 Å². The molecule has 14 nitrogen and oxygen atoms in total. The quantitative estimate of drug-likeness (QED) is 0.122. The molecule has 0 radical (unpaired) electrons. The molecule has 1 saturated heterocycles. The number of hydrazine groups is 1. The molecular formula is C42H62N8O6S. The van der Waals surface area contributed by atoms with E-state index >= 15 is 0 Å². The molecule has 3 heterocycles. The fourth-order valence-electron chi connectivity index (χ4n) is 6.64. The van der Waals surface area contributed by atoms with Crippen LogP contribution in [0.25, 0.3) is 10.6 Å². The summed E-state index contributed by atoms with van der Waals surface area (Å²) in [6.07, 6.45) is 3.23. The van der Waals surface area contributed by atoms with Crippen LogP contribution in [0, 0.1) is 16.7 Å². The maximum Gasteiger partial charge on any atom is 0.407 e. The van der Waals surface area contributed by atoms with Crippen LogP contribution in [-0.2, 0) is 27.3 Å². The summed E-state index contributed by atoms with van der Waals surface area (Å²) in [6, 6.07) is 10.6. The zero-order chi connectivity index (χ0) is 41.9. The van der Waals surface area contributed by atoms with Gasteiger partial charge in [-0.1, -0.05) is 92.1 Å². The molecular weight excluding hydrogens is 745 g/mol. The van der Waals surface area contributed by atoms with Crippen molar-refractivity contribution in [3.05, 3.63) is 71.5 Å². The summed E-state index contributed by atoms with van der Waals surface area (Å²) in [5, 5.41) is 22.2. The van der Waals surface area contributed by atoms with Gasteiger partial charge < -0.3 is 30.3 Å². The summed E-state index contributed by atoms with van der Waals surface area (Å²) in [4.78, 5) is 66.7. The highest BCUT2D eigenvalue weighted by Crippen LogP contribution is 2.27. The average Bonchev–Trinajstić information content (AvgIpc) is 3.78. The van der Waals surface area contributed by atoms with Crippen molar-refractivity contribution in [3.63, 3.8) is 0 Å². The number of thiazole rings is 1. The predicted octanol–water partition coefficient (Wildman–Crippen LogP) is 5.49. The molecule has 0 spiro atoms. The molecule has 15 heteroatoms. The van der Waals surface area contributed by atoms with Crippen molar-refractivity contribution in [3.8, 4) is 10.6 Å². The van der Waals surface area contributed by atoms with Crippen LogP contribution >= 0.6 is 11.3 Å². The smallest absolute Gasteiger partial charge is 0.407 e. The van der Waals surface area contributed by atoms with E-state index in [1.807, 2.05) is 82.5 Å². The molecule has 4 rings (SSSR count). The first kappa shape index (κ1) is 45.1. The van der Waals surface area contributed by atoms with Crippen molar-refractivity contribution in [2.24, 2.45) is 16.7 Å². The van der Waals surface area contributed by atoms with E-state index in [9.17, 15) is 24.3 Å². The second-order valence-electron chi connectivity index (χ2n) is 17.2. The van der Waals surface area contributed by atoms with Gasteiger partial charge in [0.1, 0.15) is 17.1 Å². The number of ether oxygens (including phenoxy) is 1. The van der Waals surface area contributed by atoms with Crippen LogP contribution in [-0.4, -0.2) is 111 Å². The maximum absolute atomic E-state index is 14.5. The van der Waals surface area contributed by atoms with Gasteiger partial charge in [-0.15, -0.1) is 11.3 Å². The first-order valence-electron chi connectivity index (χ1n) is 19.7. The van der Waals surface area contributed by atoms with E-state index < -0.39 is 41.6 Å². The monoisotopic (exact) mass is 806 g/mol. The molecule has 3 aromatic rings. The molecule has 1 aliphatic rings. The van der Waals surface area contributed by atoms with E-state index in [0.29, 0.717) is 45.4 Å². The van der Waals surface area contributed by atoms with Crippen molar-refractivity contribution in [2.75, 3.05) is 33.3 Å². The first-order valence-corrected chi connectivity index (χ1v) is 20.6. The third-order valence-corrected chi connectivity index (χ3v) is 11.1. The molecule has 0 bridgehead atoms. The number of nitrogens with one attached hydrogen (secondary N) is 3. The number of aliphatic hydroxyl groups is 1. The van der Waals surface area contributed by atoms with Gasteiger partial charge in [-0.05, 0) is 47.3 Å². The van der Waals surface area contributed by atoms with Gasteiger partial charge in [0.25, 0.3) is 5.91 Å². The summed E-state index contributed by atoms with van der Waals surface area (Å²) < 4.78 is 4.79. The van der Waals surface area contributed by atoms with Gasteiger partial charge in [-0.25, -0.2) is 19.6 Å². The average molecular weight is 807 g/mol. The van der Waals surface area contributed by atoms with Gasteiger partial charge in [0.15, 0.2) is 0 Å². The molecule has 4 N–H and O–H groups in total. The zero-order valence-electron chi connectivity index (χ0n) is 34.9. The highest BCUT2D eigenvalue weighted by molar-refractivity contribution is 7.13. The maximum atomic E-state index is 14.5. The van der Waals surface area contributed by atoms with Gasteiger partial charge in [0.2, 0.25) is 5.91 Å². The van der Waals surface area contributed by atoms with Crippen molar-refractivity contribution >= 4 is 35.3 Å². The lowest BCUT2D eigenvalue weighted by Gasteiger charge is -2.36. The van der Waals surface area contributed by atoms with Gasteiger partial charge in [0, 0.05) is 49.5 Å². The molecule has 1 aliphatic heterocycles. The fourth-order valence-corrected chi connectivity index (χ4v) is 7.44. The molecule has 5 unspecified atom stereocenters. The second kappa shape index (κ2) is 20.2. The highest BCUT2D eigenvalue weighted by Gasteiger charge is 2.41. The Hall–Kier alpha value is -4.60. The largest absolute Gasteiger partial charge is 0.453 e. The Bertz CT molecular complexity index is 1760. The number of pyridine rings is 1. The minimum absolute atomic E-state index is 0.0201. The minimum Gasteiger partial charge on any atom is -0.453 e. The van der Waals surface area contributed by atoms with Crippen molar-refractivity contribution in [2.45, 2.75) is 105 Å². The van der Waals surface area contributed by atoms with E-state index in [4.69, 9.17) is 9.72 Å². The summed E-state index contributed by atoms with van der Waals surface area (Å²) in [5.74, 6) is -0.996. The molecule has 312 valence electrons. The van der Waals surface area contributed by atoms with E-state index in [1.165, 1.54) is 18.4 Å². The summed E-state index contributed by atoms with van der Waals surface area (Å²) in [6.45, 7) is 17.2. The Kier molecular flexibility index (Phi) is 16.0. The number of rotatable bonds is 18. The van der Waals surface area contributed by atoms with Crippen molar-refractivity contribution < 1.29 is 29.0 Å². The van der Waals surface area contributed by atoms with Crippen molar-refractivity contribution in [1.82, 2.24) is 40.8 Å². The van der Waals surface area contributed by atoms with E-state index in [0.717, 1.165) is 21.8 Å². The minimum atomic E-state index is -1.14. The van der Waals surface area contributed by atoms with E-state index in [-0.39, 0.29) is 29.8 Å². The topological polar surface area (TPSA) is 169 Å². The Morgan fingerprint density at radius 1 is 1.02 bits per heavy atom. The molecule has 2 aromatic heterocycles. The Labute approximate surface area is 341 Å². The SMILES string of the molecule is CCC(C)C(C(=O)NC(Cc1ccccc1)C(O)CN(CCC(C)(C)C)NC(=O)C(NC(=O)OC)C(C)(C)C)N1CCN(Cc2csc(-c3cccnc3)n2)C1=O. The van der Waals surface area contributed by atoms with Crippen LogP contribution in [0.4, 0.5) is 9.59 Å². The first-order chi connectivity index (χ1) is 26.9. The number of alkyl carbamates (subject to hydrolysis) is 1. The summed E-state index contributed by atoms with van der Waals surface area (Å²) >= 11 is 1.50. The third kappa shape index (κ3) is 13.2. The van der Waals surface area contributed by atoms with Crippen molar-refractivity contribution in [1.29, 1.82) is 0 Å². The summed E-state index contributed by atoms with van der Waals surface area (Å²) in [7, 11) is 1.24. The van der Waals surface area contributed by atoms with Crippen LogP contribution in [0.1, 0.15) is 79.5 Å². The third-order valence-electron chi connectivity index (χ3n) is 10.2. The molecule has 1 fully saturated rings. The number of hydrogen-bond acceptors (Lipinski definition) is 10. The van der Waals surface area contributed by atoms with Crippen LogP contribution in [0.3, 0.4) is 0 Å². The lowest BCUT2D eigenvalue weighted by molar-refractivity contribution is -0.132. The van der Waals surface area contributed by atoms with Crippen LogP contribution < -0.4 is 16.1 Å². The number of benzene rings is 1. The fraction of sp³-hybridized carbons (Fsp3) is 0.571. The number of carbonyl (C=O) groups is 4. The Morgan fingerprint density at radius 3 is 2.35 bits per heavy atom. The predicted molar refractivity (Wildman–Crippen MR) is 222 cm³/mol. The standard InChI is InChI=1S/C42H62N8O6S/c1-10-28(2)34(50-22-21-48(40(50)55)25-31-27-57-38(44-31)30-17-14-19-43-24-30)36(52)45-32(23-29-15-12-11-13-16-29)33(51)26-49(20-18-41(3,4)5)47-37(53)35(42(6,7)8)46-39(54)56-9/h11-17,19,24,27-28,32-35,51H,10,18,20-23,25-26H2,1-9H3,(H,45,52)(H,46,54)(H,47,53). The number of aromatic nitrogens is 2. The Balaban J connectivity index is 1.55. The number of aliphatic hydroxyl groups excluding tert-OH is 1. The molecule has 5 amide bonds. The summed E-state index contributed by atoms with van der Waals surface area (Å²) in [5.41, 5.74) is 4.77. The number of carbonyl (C=O) groups excluding carboxylic acids is 4. The van der Waals surface area contributed by atoms with Gasteiger partial charge >= 0.3 is 12.1 Å². The second-order valence-corrected chi connectivity index (χ2v) is 18.0. The molecule has 5 atom stereocenters. The Morgan fingerprint density at radius 2 is 1.74 bits per heavy atom. The molecule has 57 heavy (non-hydrogen) atoms. The number of hydrogen-bond donors (Lipinski definition) is 4. The lowest BCUT2D eigenvalue weighted by atomic mass is 9.86. The lowest BCUT2D eigenvalue weighted by Crippen LogP contribution is -2.60. The molecule has 1 aromatic carbocycles. The van der Waals surface area contributed by atoms with Gasteiger partial charge in [-0.2, -0.15) is 0 Å².